The van der Waals surface area contributed by atoms with Gasteiger partial charge in [-0.15, -0.1) is 0 Å². The fourth-order valence-corrected chi connectivity index (χ4v) is 1.98. The summed E-state index contributed by atoms with van der Waals surface area (Å²) in [5.74, 6) is -0.255. The average Bonchev–Trinajstić information content (AvgIpc) is 2.36. The van der Waals surface area contributed by atoms with Crippen LogP contribution in [-0.2, 0) is 11.2 Å². The van der Waals surface area contributed by atoms with Crippen molar-refractivity contribution in [2.24, 2.45) is 5.92 Å². The lowest BCUT2D eigenvalue weighted by molar-refractivity contribution is -0.174. The number of alkyl halides is 3. The summed E-state index contributed by atoms with van der Waals surface area (Å²) in [6.07, 6.45) is -3.38. The minimum Gasteiger partial charge on any atom is -0.372 e. The van der Waals surface area contributed by atoms with E-state index in [0.29, 0.717) is 24.9 Å². The standard InChI is InChI=1S/C14H19F4NO/c1-19-9-11(6-7-20-10-14(16,17)18)8-12-4-2-3-5-13(12)15/h2-5,11,19H,6-10H2,1H3. The molecule has 1 aromatic rings. The predicted octanol–water partition coefficient (Wildman–Crippen LogP) is 3.17. The molecule has 1 rings (SSSR count). The van der Waals surface area contributed by atoms with Gasteiger partial charge in [0.25, 0.3) is 0 Å². The molecule has 1 aromatic carbocycles. The second-order valence-corrected chi connectivity index (χ2v) is 4.68. The molecule has 0 saturated heterocycles. The molecule has 0 aliphatic heterocycles. The smallest absolute Gasteiger partial charge is 0.372 e. The van der Waals surface area contributed by atoms with E-state index in [9.17, 15) is 17.6 Å². The Morgan fingerprint density at radius 1 is 1.25 bits per heavy atom. The average molecular weight is 293 g/mol. The van der Waals surface area contributed by atoms with Gasteiger partial charge in [-0.1, -0.05) is 18.2 Å². The van der Waals surface area contributed by atoms with Crippen LogP contribution in [0.2, 0.25) is 0 Å². The maximum Gasteiger partial charge on any atom is 0.411 e. The van der Waals surface area contributed by atoms with Gasteiger partial charge in [0.1, 0.15) is 12.4 Å². The maximum absolute atomic E-state index is 13.5. The maximum atomic E-state index is 13.5. The van der Waals surface area contributed by atoms with Gasteiger partial charge in [0, 0.05) is 6.61 Å². The molecule has 0 fully saturated rings. The molecule has 6 heteroatoms. The van der Waals surface area contributed by atoms with Crippen LogP contribution in [0.15, 0.2) is 24.3 Å². The number of rotatable bonds is 8. The molecule has 114 valence electrons. The Balaban J connectivity index is 2.43. The third kappa shape index (κ3) is 6.86. The van der Waals surface area contributed by atoms with Crippen molar-refractivity contribution in [2.75, 3.05) is 26.8 Å². The predicted molar refractivity (Wildman–Crippen MR) is 69.0 cm³/mol. The summed E-state index contributed by atoms with van der Waals surface area (Å²) >= 11 is 0. The van der Waals surface area contributed by atoms with E-state index in [4.69, 9.17) is 0 Å². The second kappa shape index (κ2) is 8.21. The molecule has 1 atom stereocenters. The van der Waals surface area contributed by atoms with Crippen LogP contribution in [0.3, 0.4) is 0 Å². The van der Waals surface area contributed by atoms with E-state index < -0.39 is 12.8 Å². The second-order valence-electron chi connectivity index (χ2n) is 4.68. The van der Waals surface area contributed by atoms with Crippen molar-refractivity contribution in [3.05, 3.63) is 35.6 Å². The molecule has 0 saturated carbocycles. The lowest BCUT2D eigenvalue weighted by Gasteiger charge is -2.17. The van der Waals surface area contributed by atoms with Gasteiger partial charge in [-0.05, 0) is 44.0 Å². The minimum absolute atomic E-state index is 0.0142. The van der Waals surface area contributed by atoms with Crippen molar-refractivity contribution in [3.8, 4) is 0 Å². The van der Waals surface area contributed by atoms with E-state index in [1.54, 1.807) is 25.2 Å². The van der Waals surface area contributed by atoms with Gasteiger partial charge in [0.05, 0.1) is 0 Å². The highest BCUT2D eigenvalue weighted by Crippen LogP contribution is 2.17. The van der Waals surface area contributed by atoms with Gasteiger partial charge in [0.2, 0.25) is 0 Å². The number of hydrogen-bond acceptors (Lipinski definition) is 2. The summed E-state index contributed by atoms with van der Waals surface area (Å²) in [5, 5.41) is 2.96. The largest absolute Gasteiger partial charge is 0.411 e. The minimum atomic E-state index is -4.30. The van der Waals surface area contributed by atoms with Crippen molar-refractivity contribution in [2.45, 2.75) is 19.0 Å². The van der Waals surface area contributed by atoms with Crippen LogP contribution in [0.25, 0.3) is 0 Å². The molecule has 2 nitrogen and oxygen atoms in total. The highest BCUT2D eigenvalue weighted by molar-refractivity contribution is 5.17. The fourth-order valence-electron chi connectivity index (χ4n) is 1.98. The van der Waals surface area contributed by atoms with Crippen molar-refractivity contribution < 1.29 is 22.3 Å². The molecule has 0 aliphatic rings. The molecular weight excluding hydrogens is 274 g/mol. The van der Waals surface area contributed by atoms with Gasteiger partial charge in [-0.3, -0.25) is 0 Å². The Morgan fingerprint density at radius 2 is 1.95 bits per heavy atom. The zero-order valence-electron chi connectivity index (χ0n) is 11.3. The van der Waals surface area contributed by atoms with Crippen LogP contribution in [-0.4, -0.2) is 33.0 Å². The highest BCUT2D eigenvalue weighted by atomic mass is 19.4. The molecule has 0 aliphatic carbocycles. The SMILES string of the molecule is CNCC(CCOCC(F)(F)F)Cc1ccccc1F. The lowest BCUT2D eigenvalue weighted by Crippen LogP contribution is -2.24. The summed E-state index contributed by atoms with van der Waals surface area (Å²) in [6.45, 7) is -0.622. The Labute approximate surface area is 116 Å². The Morgan fingerprint density at radius 3 is 2.55 bits per heavy atom. The molecule has 1 unspecified atom stereocenters. The number of nitrogens with one attached hydrogen (secondary N) is 1. The van der Waals surface area contributed by atoms with E-state index in [-0.39, 0.29) is 18.3 Å². The van der Waals surface area contributed by atoms with Crippen LogP contribution < -0.4 is 5.32 Å². The quantitative estimate of drug-likeness (QED) is 0.587. The number of ether oxygens (including phenoxy) is 1. The third-order valence-electron chi connectivity index (χ3n) is 2.90. The lowest BCUT2D eigenvalue weighted by atomic mass is 9.96. The molecule has 0 amide bonds. The van der Waals surface area contributed by atoms with E-state index in [0.717, 1.165) is 0 Å². The Bertz CT molecular complexity index is 395. The normalized spacial score (nSPS) is 13.4. The number of hydrogen-bond donors (Lipinski definition) is 1. The van der Waals surface area contributed by atoms with E-state index in [1.165, 1.54) is 6.07 Å². The zero-order valence-corrected chi connectivity index (χ0v) is 11.3. The van der Waals surface area contributed by atoms with Gasteiger partial charge in [-0.25, -0.2) is 4.39 Å². The van der Waals surface area contributed by atoms with Gasteiger partial charge in [0.15, 0.2) is 0 Å². The summed E-state index contributed by atoms with van der Waals surface area (Å²) < 4.78 is 54.0. The molecule has 20 heavy (non-hydrogen) atoms. The number of halogens is 4. The zero-order chi connectivity index (χ0) is 15.0. The molecule has 0 spiro atoms. The van der Waals surface area contributed by atoms with E-state index in [2.05, 4.69) is 10.1 Å². The number of benzene rings is 1. The highest BCUT2D eigenvalue weighted by Gasteiger charge is 2.27. The third-order valence-corrected chi connectivity index (χ3v) is 2.90. The van der Waals surface area contributed by atoms with Crippen LogP contribution in [0.1, 0.15) is 12.0 Å². The first-order valence-electron chi connectivity index (χ1n) is 6.45. The first-order valence-corrected chi connectivity index (χ1v) is 6.45. The van der Waals surface area contributed by atoms with Gasteiger partial charge in [-0.2, -0.15) is 13.2 Å². The molecule has 0 heterocycles. The Kier molecular flexibility index (Phi) is 6.95. The summed E-state index contributed by atoms with van der Waals surface area (Å²) in [7, 11) is 1.75. The van der Waals surface area contributed by atoms with Crippen molar-refractivity contribution in [1.82, 2.24) is 5.32 Å². The Hall–Kier alpha value is -1.14. The van der Waals surface area contributed by atoms with Crippen molar-refractivity contribution in [1.29, 1.82) is 0 Å². The molecule has 1 N–H and O–H groups in total. The fraction of sp³-hybridized carbons (Fsp3) is 0.571. The summed E-state index contributed by atoms with van der Waals surface area (Å²) in [5.41, 5.74) is 0.573. The van der Waals surface area contributed by atoms with Crippen LogP contribution >= 0.6 is 0 Å². The van der Waals surface area contributed by atoms with Crippen LogP contribution in [0.5, 0.6) is 0 Å². The summed E-state index contributed by atoms with van der Waals surface area (Å²) in [6, 6.07) is 6.42. The topological polar surface area (TPSA) is 21.3 Å². The van der Waals surface area contributed by atoms with Crippen molar-refractivity contribution in [3.63, 3.8) is 0 Å². The first-order chi connectivity index (χ1) is 9.42. The van der Waals surface area contributed by atoms with Crippen molar-refractivity contribution >= 4 is 0 Å². The van der Waals surface area contributed by atoms with Gasteiger partial charge < -0.3 is 10.1 Å². The van der Waals surface area contributed by atoms with Gasteiger partial charge >= 0.3 is 6.18 Å². The first kappa shape index (κ1) is 16.9. The van der Waals surface area contributed by atoms with E-state index >= 15 is 0 Å². The molecular formula is C14H19F4NO. The summed E-state index contributed by atoms with van der Waals surface area (Å²) in [4.78, 5) is 0. The molecule has 0 aromatic heterocycles. The van der Waals surface area contributed by atoms with Crippen LogP contribution in [0, 0.1) is 11.7 Å². The molecule has 0 bridgehead atoms. The van der Waals surface area contributed by atoms with E-state index in [1.807, 2.05) is 0 Å². The molecule has 0 radical (unpaired) electrons. The monoisotopic (exact) mass is 293 g/mol. The van der Waals surface area contributed by atoms with Crippen LogP contribution in [0.4, 0.5) is 17.6 Å².